The number of rotatable bonds is 7. The van der Waals surface area contributed by atoms with Gasteiger partial charge in [-0.2, -0.15) is 4.98 Å². The van der Waals surface area contributed by atoms with Crippen LogP contribution in [0.15, 0.2) is 124 Å². The van der Waals surface area contributed by atoms with Crippen LogP contribution in [0.3, 0.4) is 0 Å². The third-order valence-electron chi connectivity index (χ3n) is 7.42. The summed E-state index contributed by atoms with van der Waals surface area (Å²) in [5.41, 5.74) is 4.21. The number of nitrogens with zero attached hydrogens (tertiary/aromatic N) is 3. The lowest BCUT2D eigenvalue weighted by molar-refractivity contribution is 0.209. The van der Waals surface area contributed by atoms with E-state index in [4.69, 9.17) is 16.0 Å². The lowest BCUT2D eigenvalue weighted by Crippen LogP contribution is -2.48. The van der Waals surface area contributed by atoms with E-state index in [-0.39, 0.29) is 27.7 Å². The molecule has 0 unspecified atom stereocenters. The molecule has 1 fully saturated rings. The lowest BCUT2D eigenvalue weighted by Gasteiger charge is -2.39. The summed E-state index contributed by atoms with van der Waals surface area (Å²) in [6.45, 7) is 4.59. The van der Waals surface area contributed by atoms with Gasteiger partial charge in [0, 0.05) is 36.8 Å². The van der Waals surface area contributed by atoms with E-state index in [1.54, 1.807) is 12.1 Å². The Morgan fingerprint density at radius 1 is 0.780 bits per heavy atom. The second-order valence-corrected chi connectivity index (χ2v) is 12.5. The van der Waals surface area contributed by atoms with Crippen molar-refractivity contribution in [1.29, 1.82) is 0 Å². The number of aromatic nitrogens is 1. The van der Waals surface area contributed by atoms with Gasteiger partial charge in [-0.05, 0) is 54.4 Å². The zero-order valence-corrected chi connectivity index (χ0v) is 24.2. The second kappa shape index (κ2) is 11.5. The number of sulfone groups is 1. The van der Waals surface area contributed by atoms with Crippen LogP contribution in [0.2, 0.25) is 5.02 Å². The predicted octanol–water partition coefficient (Wildman–Crippen LogP) is 7.05. The van der Waals surface area contributed by atoms with E-state index in [1.165, 1.54) is 23.3 Å². The minimum absolute atomic E-state index is 0.0764. The average molecular weight is 584 g/mol. The van der Waals surface area contributed by atoms with Gasteiger partial charge >= 0.3 is 0 Å². The minimum atomic E-state index is -3.97. The maximum absolute atomic E-state index is 13.9. The summed E-state index contributed by atoms with van der Waals surface area (Å²) >= 11 is 6.05. The molecule has 0 amide bonds. The molecule has 0 spiro atoms. The summed E-state index contributed by atoms with van der Waals surface area (Å²) in [4.78, 5) is 9.13. The van der Waals surface area contributed by atoms with Crippen LogP contribution >= 0.6 is 11.6 Å². The van der Waals surface area contributed by atoms with Gasteiger partial charge in [0.25, 0.3) is 0 Å². The molecule has 0 saturated carbocycles. The maximum Gasteiger partial charge on any atom is 0.236 e. The highest BCUT2D eigenvalue weighted by atomic mass is 35.5. The lowest BCUT2D eigenvalue weighted by atomic mass is 9.96. The van der Waals surface area contributed by atoms with Crippen LogP contribution in [0, 0.1) is 6.92 Å². The van der Waals surface area contributed by atoms with Crippen molar-refractivity contribution in [3.63, 3.8) is 0 Å². The van der Waals surface area contributed by atoms with Crippen LogP contribution in [0.1, 0.15) is 22.7 Å². The molecule has 8 heteroatoms. The minimum Gasteiger partial charge on any atom is -0.419 e. The number of oxazole rings is 1. The fourth-order valence-electron chi connectivity index (χ4n) is 5.37. The summed E-state index contributed by atoms with van der Waals surface area (Å²) in [6, 6.07) is 34.9. The molecule has 1 aliphatic heterocycles. The van der Waals surface area contributed by atoms with E-state index in [0.29, 0.717) is 18.1 Å². The highest BCUT2D eigenvalue weighted by molar-refractivity contribution is 7.91. The fourth-order valence-corrected chi connectivity index (χ4v) is 6.82. The van der Waals surface area contributed by atoms with Crippen molar-refractivity contribution in [3.05, 3.63) is 131 Å². The molecule has 208 valence electrons. The van der Waals surface area contributed by atoms with E-state index in [1.807, 2.05) is 48.2 Å². The summed E-state index contributed by atoms with van der Waals surface area (Å²) < 4.78 is 34.0. The smallest absolute Gasteiger partial charge is 0.236 e. The van der Waals surface area contributed by atoms with Crippen LogP contribution in [0.5, 0.6) is 0 Å². The maximum atomic E-state index is 13.9. The van der Waals surface area contributed by atoms with Gasteiger partial charge in [0.15, 0.2) is 0 Å². The van der Waals surface area contributed by atoms with Crippen molar-refractivity contribution in [2.75, 3.05) is 31.1 Å². The van der Waals surface area contributed by atoms with Gasteiger partial charge in [-0.15, -0.1) is 0 Å². The molecule has 0 aliphatic carbocycles. The molecule has 0 bridgehead atoms. The largest absolute Gasteiger partial charge is 0.419 e. The summed E-state index contributed by atoms with van der Waals surface area (Å²) in [5, 5.41) is 0.389. The van der Waals surface area contributed by atoms with Gasteiger partial charge in [-0.3, -0.25) is 4.90 Å². The molecule has 1 saturated heterocycles. The highest BCUT2D eigenvalue weighted by Gasteiger charge is 2.34. The standard InChI is InChI=1S/C33H30ClN3O3S/c1-24-9-8-14-27(23-24)31-35-32(41(38,39)29-17-15-28(34)16-18-29)33(40-31)37-21-19-36(20-22-37)30(25-10-4-2-5-11-25)26-12-6-3-7-13-26/h2-18,23,30H,19-22H2,1H3. The third kappa shape index (κ3) is 5.66. The quantitative estimate of drug-likeness (QED) is 0.205. The third-order valence-corrected chi connectivity index (χ3v) is 9.34. The van der Waals surface area contributed by atoms with Crippen molar-refractivity contribution in [1.82, 2.24) is 9.88 Å². The fraction of sp³-hybridized carbons (Fsp3) is 0.182. The number of hydrogen-bond donors (Lipinski definition) is 0. The Bertz CT molecular complexity index is 1690. The summed E-state index contributed by atoms with van der Waals surface area (Å²) in [5.74, 6) is 0.553. The first kappa shape index (κ1) is 27.3. The van der Waals surface area contributed by atoms with Crippen molar-refractivity contribution in [2.45, 2.75) is 22.9 Å². The Kier molecular flexibility index (Phi) is 7.67. The second-order valence-electron chi connectivity index (χ2n) is 10.2. The highest BCUT2D eigenvalue weighted by Crippen LogP contribution is 2.37. The van der Waals surface area contributed by atoms with E-state index >= 15 is 0 Å². The van der Waals surface area contributed by atoms with Gasteiger partial charge < -0.3 is 9.32 Å². The SMILES string of the molecule is Cc1cccc(-c2nc(S(=O)(=O)c3ccc(Cl)cc3)c(N3CCN(C(c4ccccc4)c4ccccc4)CC3)o2)c1. The molecule has 1 aliphatic rings. The van der Waals surface area contributed by atoms with Crippen LogP contribution in [-0.2, 0) is 9.84 Å². The van der Waals surface area contributed by atoms with E-state index in [2.05, 4.69) is 58.4 Å². The number of halogens is 1. The van der Waals surface area contributed by atoms with Crippen LogP contribution in [0.4, 0.5) is 5.88 Å². The molecule has 0 radical (unpaired) electrons. The molecule has 1 aromatic heterocycles. The van der Waals surface area contributed by atoms with Gasteiger partial charge in [0.1, 0.15) is 0 Å². The first-order valence-electron chi connectivity index (χ1n) is 13.6. The monoisotopic (exact) mass is 583 g/mol. The molecule has 0 atom stereocenters. The molecule has 6 rings (SSSR count). The van der Waals surface area contributed by atoms with Gasteiger partial charge in [-0.1, -0.05) is 90.0 Å². The topological polar surface area (TPSA) is 66.7 Å². The Labute approximate surface area is 245 Å². The Morgan fingerprint density at radius 3 is 1.98 bits per heavy atom. The van der Waals surface area contributed by atoms with Crippen molar-refractivity contribution in [2.24, 2.45) is 0 Å². The van der Waals surface area contributed by atoms with Crippen molar-refractivity contribution in [3.8, 4) is 11.5 Å². The number of aryl methyl sites for hydroxylation is 1. The van der Waals surface area contributed by atoms with E-state index in [9.17, 15) is 8.42 Å². The number of benzene rings is 4. The molecule has 4 aromatic carbocycles. The molecular weight excluding hydrogens is 554 g/mol. The Balaban J connectivity index is 1.34. The Morgan fingerprint density at radius 2 is 1.39 bits per heavy atom. The number of hydrogen-bond acceptors (Lipinski definition) is 6. The van der Waals surface area contributed by atoms with E-state index < -0.39 is 9.84 Å². The van der Waals surface area contributed by atoms with Gasteiger partial charge in [0.05, 0.1) is 10.9 Å². The molecule has 2 heterocycles. The van der Waals surface area contributed by atoms with Crippen LogP contribution < -0.4 is 4.90 Å². The molecule has 5 aromatic rings. The molecule has 0 N–H and O–H groups in total. The van der Waals surface area contributed by atoms with Crippen molar-refractivity contribution < 1.29 is 12.8 Å². The van der Waals surface area contributed by atoms with Crippen LogP contribution in [0.25, 0.3) is 11.5 Å². The number of piperazine rings is 1. The summed E-state index contributed by atoms with van der Waals surface area (Å²) in [7, 11) is -3.97. The van der Waals surface area contributed by atoms with E-state index in [0.717, 1.165) is 24.2 Å². The first-order chi connectivity index (χ1) is 19.9. The van der Waals surface area contributed by atoms with Crippen LogP contribution in [-0.4, -0.2) is 44.5 Å². The molecule has 6 nitrogen and oxygen atoms in total. The number of anilines is 1. The first-order valence-corrected chi connectivity index (χ1v) is 15.4. The zero-order valence-electron chi connectivity index (χ0n) is 22.7. The predicted molar refractivity (Wildman–Crippen MR) is 162 cm³/mol. The van der Waals surface area contributed by atoms with Gasteiger partial charge in [-0.25, -0.2) is 8.42 Å². The summed E-state index contributed by atoms with van der Waals surface area (Å²) in [6.07, 6.45) is 0. The van der Waals surface area contributed by atoms with Crippen molar-refractivity contribution >= 4 is 27.3 Å². The Hall–Kier alpha value is -3.91. The molecular formula is C33H30ClN3O3S. The molecule has 41 heavy (non-hydrogen) atoms. The van der Waals surface area contributed by atoms with Gasteiger partial charge in [0.2, 0.25) is 26.6 Å². The average Bonchev–Trinajstić information content (AvgIpc) is 3.46. The zero-order chi connectivity index (χ0) is 28.4. The normalized spacial score (nSPS) is 14.5.